The molecule has 0 saturated heterocycles. The van der Waals surface area contributed by atoms with Gasteiger partial charge < -0.3 is 4.98 Å². The molecule has 4 nitrogen and oxygen atoms in total. The van der Waals surface area contributed by atoms with E-state index in [0.29, 0.717) is 4.77 Å². The van der Waals surface area contributed by atoms with Crippen molar-refractivity contribution in [3.8, 4) is 0 Å². The van der Waals surface area contributed by atoms with Gasteiger partial charge in [-0.1, -0.05) is 6.07 Å². The molecule has 2 aromatic rings. The Morgan fingerprint density at radius 2 is 2.33 bits per heavy atom. The van der Waals surface area contributed by atoms with Gasteiger partial charge in [0.05, 0.1) is 0 Å². The van der Waals surface area contributed by atoms with Gasteiger partial charge in [-0.3, -0.25) is 14.7 Å². The van der Waals surface area contributed by atoms with E-state index in [1.54, 1.807) is 11.3 Å². The highest BCUT2D eigenvalue weighted by atomic mass is 32.1. The highest BCUT2D eigenvalue weighted by molar-refractivity contribution is 7.71. The molecule has 94 valence electrons. The Morgan fingerprint density at radius 3 is 3.11 bits per heavy atom. The maximum absolute atomic E-state index is 11.7. The summed E-state index contributed by atoms with van der Waals surface area (Å²) in [7, 11) is 0. The van der Waals surface area contributed by atoms with Crippen LogP contribution in [0.4, 0.5) is 0 Å². The predicted molar refractivity (Wildman–Crippen MR) is 74.4 cm³/mol. The van der Waals surface area contributed by atoms with Crippen molar-refractivity contribution < 1.29 is 0 Å². The Hall–Kier alpha value is -1.24. The number of aromatic nitrogens is 2. The summed E-state index contributed by atoms with van der Waals surface area (Å²) in [5.41, 5.74) is 1.78. The Balaban J connectivity index is 1.85. The van der Waals surface area contributed by atoms with Crippen LogP contribution in [0, 0.1) is 4.77 Å². The Bertz CT molecular complexity index is 657. The molecule has 3 rings (SSSR count). The number of rotatable bonds is 2. The lowest BCUT2D eigenvalue weighted by molar-refractivity contribution is 0.242. The van der Waals surface area contributed by atoms with Crippen molar-refractivity contribution in [3.05, 3.63) is 48.8 Å². The van der Waals surface area contributed by atoms with E-state index in [2.05, 4.69) is 32.4 Å². The first-order valence-corrected chi connectivity index (χ1v) is 7.10. The Kier molecular flexibility index (Phi) is 3.15. The highest BCUT2D eigenvalue weighted by Gasteiger charge is 2.19. The van der Waals surface area contributed by atoms with E-state index in [9.17, 15) is 4.79 Å². The van der Waals surface area contributed by atoms with Gasteiger partial charge in [-0.25, -0.2) is 0 Å². The first-order valence-electron chi connectivity index (χ1n) is 5.81. The number of nitrogens with one attached hydrogen (secondary N) is 2. The third-order valence-corrected chi connectivity index (χ3v) is 4.21. The minimum atomic E-state index is -0.0375. The van der Waals surface area contributed by atoms with Gasteiger partial charge in [0, 0.05) is 35.8 Å². The molecule has 1 aliphatic rings. The summed E-state index contributed by atoms with van der Waals surface area (Å²) in [4.78, 5) is 21.2. The van der Waals surface area contributed by atoms with Crippen LogP contribution >= 0.6 is 23.6 Å². The Morgan fingerprint density at radius 1 is 1.44 bits per heavy atom. The van der Waals surface area contributed by atoms with Crippen LogP contribution in [0.5, 0.6) is 0 Å². The average molecular weight is 279 g/mol. The molecule has 0 unspecified atom stereocenters. The number of nitrogens with zero attached hydrogens (tertiary/aromatic N) is 1. The van der Waals surface area contributed by atoms with Crippen molar-refractivity contribution in [3.63, 3.8) is 0 Å². The predicted octanol–water partition coefficient (Wildman–Crippen LogP) is 2.05. The van der Waals surface area contributed by atoms with Crippen LogP contribution in [0.2, 0.25) is 0 Å². The summed E-state index contributed by atoms with van der Waals surface area (Å²) in [6.07, 6.45) is 0.780. The van der Waals surface area contributed by atoms with Crippen LogP contribution in [-0.2, 0) is 19.5 Å². The van der Waals surface area contributed by atoms with E-state index in [1.807, 2.05) is 0 Å². The number of aromatic amines is 2. The van der Waals surface area contributed by atoms with E-state index in [-0.39, 0.29) is 5.56 Å². The molecule has 6 heteroatoms. The normalized spacial score (nSPS) is 15.6. The van der Waals surface area contributed by atoms with Crippen LogP contribution < -0.4 is 5.56 Å². The second-order valence-electron chi connectivity index (χ2n) is 4.41. The van der Waals surface area contributed by atoms with Crippen LogP contribution in [-0.4, -0.2) is 21.4 Å². The largest absolute Gasteiger partial charge is 0.334 e. The topological polar surface area (TPSA) is 51.9 Å². The fourth-order valence-corrected chi connectivity index (χ4v) is 3.25. The molecule has 0 saturated carbocycles. The second-order valence-corrected chi connectivity index (χ2v) is 5.85. The fraction of sp³-hybridized carbons (Fsp3) is 0.333. The van der Waals surface area contributed by atoms with Crippen molar-refractivity contribution >= 4 is 23.6 Å². The lowest BCUT2D eigenvalue weighted by Crippen LogP contribution is -2.34. The standard InChI is InChI=1S/C12H13N3OS2/c16-11-9-3-4-15(6-8-2-1-5-18-8)7-10(9)13-12(17)14-11/h1-2,5H,3-4,6-7H2,(H2,13,14,16,17). The quantitative estimate of drug-likeness (QED) is 0.827. The first-order chi connectivity index (χ1) is 8.72. The van der Waals surface area contributed by atoms with E-state index in [4.69, 9.17) is 12.2 Å². The van der Waals surface area contributed by atoms with Gasteiger partial charge in [-0.2, -0.15) is 0 Å². The van der Waals surface area contributed by atoms with Crippen LogP contribution in [0.25, 0.3) is 0 Å². The zero-order chi connectivity index (χ0) is 12.5. The third kappa shape index (κ3) is 2.31. The summed E-state index contributed by atoms with van der Waals surface area (Å²) < 4.78 is 0.414. The highest BCUT2D eigenvalue weighted by Crippen LogP contribution is 2.18. The lowest BCUT2D eigenvalue weighted by atomic mass is 10.1. The maximum atomic E-state index is 11.7. The molecule has 0 atom stereocenters. The second kappa shape index (κ2) is 4.79. The van der Waals surface area contributed by atoms with Crippen LogP contribution in [0.3, 0.4) is 0 Å². The smallest absolute Gasteiger partial charge is 0.255 e. The number of fused-ring (bicyclic) bond motifs is 1. The SMILES string of the molecule is O=c1[nH]c(=S)[nH]c2c1CCN(Cc1cccs1)C2. The fourth-order valence-electron chi connectivity index (χ4n) is 2.29. The molecule has 0 amide bonds. The molecule has 1 aliphatic heterocycles. The van der Waals surface area contributed by atoms with E-state index < -0.39 is 0 Å². The molecule has 0 aliphatic carbocycles. The molecule has 0 radical (unpaired) electrons. The summed E-state index contributed by atoms with van der Waals surface area (Å²) in [5, 5.41) is 2.09. The van der Waals surface area contributed by atoms with Gasteiger partial charge in [-0.05, 0) is 30.1 Å². The van der Waals surface area contributed by atoms with Crippen LogP contribution in [0.1, 0.15) is 16.1 Å². The first kappa shape index (κ1) is 11.8. The summed E-state index contributed by atoms with van der Waals surface area (Å²) in [5.74, 6) is 0. The van der Waals surface area contributed by atoms with Gasteiger partial charge in [0.2, 0.25) is 0 Å². The number of H-pyrrole nitrogens is 2. The monoisotopic (exact) mass is 279 g/mol. The van der Waals surface area contributed by atoms with Crippen molar-refractivity contribution in [2.45, 2.75) is 19.5 Å². The molecule has 2 aromatic heterocycles. The van der Waals surface area contributed by atoms with E-state index >= 15 is 0 Å². The summed E-state index contributed by atoms with van der Waals surface area (Å²) in [6.45, 7) is 2.61. The van der Waals surface area contributed by atoms with Gasteiger partial charge >= 0.3 is 0 Å². The van der Waals surface area contributed by atoms with Crippen molar-refractivity contribution in [2.75, 3.05) is 6.54 Å². The van der Waals surface area contributed by atoms with Crippen molar-refractivity contribution in [2.24, 2.45) is 0 Å². The van der Waals surface area contributed by atoms with Crippen molar-refractivity contribution in [1.82, 2.24) is 14.9 Å². The molecule has 0 spiro atoms. The Labute approximate surface area is 113 Å². The van der Waals surface area contributed by atoms with Crippen LogP contribution in [0.15, 0.2) is 22.3 Å². The molecule has 18 heavy (non-hydrogen) atoms. The minimum Gasteiger partial charge on any atom is -0.334 e. The lowest BCUT2D eigenvalue weighted by Gasteiger charge is -2.27. The van der Waals surface area contributed by atoms with Gasteiger partial charge in [-0.15, -0.1) is 11.3 Å². The molecular formula is C12H13N3OS2. The molecule has 0 bridgehead atoms. The minimum absolute atomic E-state index is 0.0375. The third-order valence-electron chi connectivity index (χ3n) is 3.15. The van der Waals surface area contributed by atoms with E-state index in [1.165, 1.54) is 4.88 Å². The zero-order valence-electron chi connectivity index (χ0n) is 9.73. The summed E-state index contributed by atoms with van der Waals surface area (Å²) >= 11 is 6.78. The van der Waals surface area contributed by atoms with Gasteiger partial charge in [0.15, 0.2) is 4.77 Å². The van der Waals surface area contributed by atoms with Crippen molar-refractivity contribution in [1.29, 1.82) is 0 Å². The average Bonchev–Trinajstić information content (AvgIpc) is 2.81. The van der Waals surface area contributed by atoms with Gasteiger partial charge in [0.1, 0.15) is 0 Å². The number of hydrogen-bond acceptors (Lipinski definition) is 4. The number of hydrogen-bond donors (Lipinski definition) is 2. The van der Waals surface area contributed by atoms with E-state index in [0.717, 1.165) is 37.3 Å². The molecule has 0 aromatic carbocycles. The maximum Gasteiger partial charge on any atom is 0.255 e. The number of thiophene rings is 1. The molecule has 3 heterocycles. The zero-order valence-corrected chi connectivity index (χ0v) is 11.4. The molecule has 0 fully saturated rings. The van der Waals surface area contributed by atoms with Gasteiger partial charge in [0.25, 0.3) is 5.56 Å². The molecule has 2 N–H and O–H groups in total. The summed E-state index contributed by atoms with van der Waals surface area (Å²) in [6, 6.07) is 4.20. The molecular weight excluding hydrogens is 266 g/mol.